The van der Waals surface area contributed by atoms with Crippen LogP contribution in [0, 0.1) is 52.0 Å². The van der Waals surface area contributed by atoms with Gasteiger partial charge >= 0.3 is 0 Å². The maximum Gasteiger partial charge on any atom is 0.155 e. The van der Waals surface area contributed by atoms with Gasteiger partial charge in [0.2, 0.25) is 0 Å². The number of aliphatic hydroxyl groups excluding tert-OH is 4. The van der Waals surface area contributed by atoms with E-state index in [1.54, 1.807) is 0 Å². The van der Waals surface area contributed by atoms with Crippen LogP contribution in [0.2, 0.25) is 0 Å². The molecule has 9 aromatic carbocycles. The van der Waals surface area contributed by atoms with Crippen molar-refractivity contribution in [3.63, 3.8) is 0 Å². The van der Waals surface area contributed by atoms with Crippen LogP contribution in [0.3, 0.4) is 0 Å². The van der Waals surface area contributed by atoms with Crippen molar-refractivity contribution >= 4 is 44.9 Å². The fourth-order valence-corrected chi connectivity index (χ4v) is 11.6. The van der Waals surface area contributed by atoms with Gasteiger partial charge in [-0.2, -0.15) is 0 Å². The summed E-state index contributed by atoms with van der Waals surface area (Å²) >= 11 is 0. The minimum Gasteiger partial charge on any atom is -0.512 e. The molecule has 0 bridgehead atoms. The van der Waals surface area contributed by atoms with E-state index in [1.807, 2.05) is 103 Å². The summed E-state index contributed by atoms with van der Waals surface area (Å²) in [5.41, 5.74) is 25.2. The van der Waals surface area contributed by atoms with Crippen LogP contribution in [0.1, 0.15) is 103 Å². The molecular weight excluding hydrogens is 2120 g/mol. The molecule has 13 aromatic rings. The minimum absolute atomic E-state index is 0. The van der Waals surface area contributed by atoms with E-state index in [9.17, 15) is 19.2 Å². The van der Waals surface area contributed by atoms with E-state index in [0.29, 0.717) is 0 Å². The first-order chi connectivity index (χ1) is 52.0. The molecule has 0 atom stereocenters. The first kappa shape index (κ1) is 96.7. The van der Waals surface area contributed by atoms with Gasteiger partial charge in [0.05, 0.1) is 34.1 Å². The normalized spacial score (nSPS) is 11.2. The van der Waals surface area contributed by atoms with Gasteiger partial charge in [-0.25, -0.2) is 0 Å². The molecule has 0 saturated heterocycles. The first-order valence-electron chi connectivity index (χ1n) is 35.4. The van der Waals surface area contributed by atoms with Gasteiger partial charge in [0.15, 0.2) is 23.1 Å². The number of benzene rings is 9. The van der Waals surface area contributed by atoms with E-state index < -0.39 is 0 Å². The molecule has 16 heteroatoms. The van der Waals surface area contributed by atoms with Gasteiger partial charge in [0.25, 0.3) is 0 Å². The maximum atomic E-state index is 10.0. The molecule has 0 unspecified atom stereocenters. The van der Waals surface area contributed by atoms with Gasteiger partial charge in [-0.05, 0) is 160 Å². The van der Waals surface area contributed by atoms with Crippen LogP contribution in [0.25, 0.3) is 100 Å². The minimum atomic E-state index is -0.125. The summed E-state index contributed by atoms with van der Waals surface area (Å²) in [5, 5.41) is 35.8. The molecule has 113 heavy (non-hydrogen) atoms. The van der Waals surface area contributed by atoms with Crippen LogP contribution < -0.4 is 0 Å². The maximum absolute atomic E-state index is 10.0. The number of nitrogens with zero attached hydrogens (tertiary/aromatic N) is 4. The Kier molecular flexibility index (Phi) is 41.5. The topological polar surface area (TPSA) is 201 Å². The predicted molar refractivity (Wildman–Crippen MR) is 445 cm³/mol. The number of hydrogen-bond donors (Lipinski definition) is 4. The van der Waals surface area contributed by atoms with Crippen LogP contribution in [-0.2, 0) is 105 Å². The summed E-state index contributed by atoms with van der Waals surface area (Å²) in [4.78, 5) is 58.5. The van der Waals surface area contributed by atoms with Crippen molar-refractivity contribution in [2.24, 2.45) is 0 Å². The number of hydrogen-bond acceptors (Lipinski definition) is 12. The third-order valence-electron chi connectivity index (χ3n) is 16.3. The molecule has 0 amide bonds. The summed E-state index contributed by atoms with van der Waals surface area (Å²) in [6.07, 6.45) is 8.37. The molecular formula is C97H92Ir4N4O8-4. The molecule has 1 aliphatic carbocycles. The van der Waals surface area contributed by atoms with E-state index in [-0.39, 0.29) is 132 Å². The molecule has 0 spiro atoms. The zero-order chi connectivity index (χ0) is 79.2. The SMILES string of the molecule is CC(=O)C=C(C)O.CC(=O)C=C(C)O.CC(=O)C=C(C)O.CC(=O)C=C(C)O.CC1(C)c2ccccc2-c2c[c-]c(-c3ccc4ccccc4n3)cc21.Cc1[c-]c(-c2ccc3ccccc3n2)cc(C)c1.Cc1ccc(-c2ccnc(-c3[c-]cccc3)c2)cc1.Cc1cccc(-c2ccnc(-c3[c-]cccc3)c2)c1.[Ir].[Ir].[Ir].[Ir]. The van der Waals surface area contributed by atoms with Crippen molar-refractivity contribution in [3.8, 4) is 78.4 Å². The van der Waals surface area contributed by atoms with Crippen molar-refractivity contribution in [3.05, 3.63) is 360 Å². The van der Waals surface area contributed by atoms with Crippen LogP contribution in [0.15, 0.2) is 302 Å². The number of allylic oxidation sites excluding steroid dienone is 8. The van der Waals surface area contributed by atoms with Crippen molar-refractivity contribution < 1.29 is 120 Å². The molecule has 0 aliphatic heterocycles. The van der Waals surface area contributed by atoms with Crippen LogP contribution in [0.5, 0.6) is 0 Å². The number of para-hydroxylation sites is 2. The van der Waals surface area contributed by atoms with Gasteiger partial charge < -0.3 is 30.4 Å². The number of fused-ring (bicyclic) bond motifs is 5. The number of pyridine rings is 4. The second kappa shape index (κ2) is 48.5. The second-order valence-corrected chi connectivity index (χ2v) is 26.6. The number of aromatic nitrogens is 4. The second-order valence-electron chi connectivity index (χ2n) is 26.6. The van der Waals surface area contributed by atoms with E-state index in [4.69, 9.17) is 30.4 Å². The fraction of sp³-hybridized carbons (Fsp3) is 0.155. The number of aryl methyl sites for hydroxylation is 4. The monoisotopic (exact) mass is 2210 g/mol. The third kappa shape index (κ3) is 31.9. The molecule has 4 radical (unpaired) electrons. The molecule has 14 rings (SSSR count). The number of aliphatic hydroxyl groups is 4. The van der Waals surface area contributed by atoms with Gasteiger partial charge in [-0.1, -0.05) is 196 Å². The average molecular weight is 2210 g/mol. The average Bonchev–Trinajstić information content (AvgIpc) is 1.58. The Balaban J connectivity index is 0.000000349. The molecule has 4 aromatic heterocycles. The first-order valence-corrected chi connectivity index (χ1v) is 35.4. The number of ketones is 4. The smallest absolute Gasteiger partial charge is 0.155 e. The van der Waals surface area contributed by atoms with Crippen molar-refractivity contribution in [2.45, 2.75) is 102 Å². The molecule has 0 saturated carbocycles. The van der Waals surface area contributed by atoms with Crippen molar-refractivity contribution in [1.82, 2.24) is 19.9 Å². The Morgan fingerprint density at radius 1 is 0.345 bits per heavy atom. The molecule has 588 valence electrons. The summed E-state index contributed by atoms with van der Waals surface area (Å²) in [6, 6.07) is 96.6. The number of carbonyl (C=O) groups excluding carboxylic acids is 4. The summed E-state index contributed by atoms with van der Waals surface area (Å²) in [6.45, 7) is 24.4. The van der Waals surface area contributed by atoms with E-state index in [2.05, 4.69) is 227 Å². The molecule has 12 nitrogen and oxygen atoms in total. The Bertz CT molecular complexity index is 5260. The summed E-state index contributed by atoms with van der Waals surface area (Å²) in [7, 11) is 0. The molecule has 1 aliphatic rings. The zero-order valence-electron chi connectivity index (χ0n) is 65.6. The largest absolute Gasteiger partial charge is 0.512 e. The van der Waals surface area contributed by atoms with Crippen molar-refractivity contribution in [2.75, 3.05) is 0 Å². The van der Waals surface area contributed by atoms with E-state index in [1.165, 1.54) is 152 Å². The zero-order valence-corrected chi connectivity index (χ0v) is 75.2. The van der Waals surface area contributed by atoms with Crippen LogP contribution in [-0.4, -0.2) is 63.5 Å². The van der Waals surface area contributed by atoms with Crippen LogP contribution in [0.4, 0.5) is 0 Å². The summed E-state index contributed by atoms with van der Waals surface area (Å²) in [5.74, 6) is -0.250. The summed E-state index contributed by atoms with van der Waals surface area (Å²) < 4.78 is 0. The Morgan fingerprint density at radius 2 is 0.779 bits per heavy atom. The molecule has 4 heterocycles. The number of carbonyl (C=O) groups is 4. The van der Waals surface area contributed by atoms with Gasteiger partial charge in [-0.3, -0.25) is 29.1 Å². The quantitative estimate of drug-likeness (QED) is 0.0574. The fourth-order valence-electron chi connectivity index (χ4n) is 11.6. The Labute approximate surface area is 719 Å². The van der Waals surface area contributed by atoms with E-state index >= 15 is 0 Å². The number of rotatable bonds is 10. The van der Waals surface area contributed by atoms with Gasteiger partial charge in [-0.15, -0.1) is 136 Å². The van der Waals surface area contributed by atoms with E-state index in [0.717, 1.165) is 61.6 Å². The van der Waals surface area contributed by atoms with Crippen molar-refractivity contribution in [1.29, 1.82) is 0 Å². The standard InChI is InChI=1S/C24H18N.2C18H14N.C17H14N.4C5H8O2.4Ir/c1-24(2)20-9-5-4-8-18(20)19-13-11-17(15-21(19)24)23-14-12-16-7-3-6-10-22(16)25-23;1-14-6-5-9-16(12-14)17-10-11-19-18(13-17)15-7-3-2-4-8-15;1-14-7-9-15(10-8-14)17-11-12-19-18(13-17)16-5-3-2-4-6-16;1-12-9-13(2)11-15(10-12)17-8-7-14-5-3-4-6-16(14)18-17;4*1-4(6)3-5(2)7;;;;/h3-10,12-15H,1-2H3;2-7,9-13H,1H3;2-5,7-13H,1H3;3-10H,1-2H3;4*3,6H,1-2H3;;;;/q4*-1;;;;;;;;. The predicted octanol–water partition coefficient (Wildman–Crippen LogP) is 23.5. The molecule has 0 fully saturated rings. The van der Waals surface area contributed by atoms with Gasteiger partial charge in [0.1, 0.15) is 0 Å². The third-order valence-corrected chi connectivity index (χ3v) is 16.3. The van der Waals surface area contributed by atoms with Crippen LogP contribution >= 0.6 is 0 Å². The van der Waals surface area contributed by atoms with Gasteiger partial charge in [0, 0.05) is 117 Å². The Morgan fingerprint density at radius 3 is 1.21 bits per heavy atom. The Hall–Kier alpha value is -10.5. The molecule has 4 N–H and O–H groups in total.